The number of carbonyl (C=O) groups is 2. The fourth-order valence-electron chi connectivity index (χ4n) is 3.70. The summed E-state index contributed by atoms with van der Waals surface area (Å²) in [5, 5.41) is 17.5. The van der Waals surface area contributed by atoms with Gasteiger partial charge in [-0.05, 0) is 59.7 Å². The Bertz CT molecular complexity index is 1180. The van der Waals surface area contributed by atoms with Gasteiger partial charge in [0.25, 0.3) is 5.91 Å². The van der Waals surface area contributed by atoms with Crippen LogP contribution in [0.2, 0.25) is 0 Å². The highest BCUT2D eigenvalue weighted by Crippen LogP contribution is 2.32. The predicted molar refractivity (Wildman–Crippen MR) is 121 cm³/mol. The highest BCUT2D eigenvalue weighted by atomic mass is 32.2. The van der Waals surface area contributed by atoms with E-state index in [4.69, 9.17) is 0 Å². The Labute approximate surface area is 197 Å². The SMILES string of the molecule is O=C(CSc1nnnn1C1CCCC1)Nc1cccc(C(=O)Nc2cccc(C(F)(F)F)c2)c1. The summed E-state index contributed by atoms with van der Waals surface area (Å²) in [6, 6.07) is 10.8. The maximum Gasteiger partial charge on any atom is 0.416 e. The fraction of sp³-hybridized carbons (Fsp3) is 0.318. The third-order valence-electron chi connectivity index (χ3n) is 5.32. The minimum absolute atomic E-state index is 0.0191. The van der Waals surface area contributed by atoms with Gasteiger partial charge in [-0.15, -0.1) is 5.10 Å². The van der Waals surface area contributed by atoms with Crippen LogP contribution in [0, 0.1) is 0 Å². The lowest BCUT2D eigenvalue weighted by molar-refractivity contribution is -0.137. The monoisotopic (exact) mass is 490 g/mol. The first-order valence-electron chi connectivity index (χ1n) is 10.6. The summed E-state index contributed by atoms with van der Waals surface area (Å²) < 4.78 is 40.4. The molecule has 1 aromatic heterocycles. The van der Waals surface area contributed by atoms with Crippen molar-refractivity contribution >= 4 is 35.0 Å². The van der Waals surface area contributed by atoms with E-state index in [0.29, 0.717) is 10.8 Å². The number of hydrogen-bond donors (Lipinski definition) is 2. The summed E-state index contributed by atoms with van der Waals surface area (Å²) >= 11 is 1.23. The highest BCUT2D eigenvalue weighted by molar-refractivity contribution is 7.99. The minimum Gasteiger partial charge on any atom is -0.325 e. The standard InChI is InChI=1S/C22H21F3N6O2S/c23-22(24,25)15-6-4-8-17(12-15)27-20(33)14-5-3-7-16(11-14)26-19(32)13-34-21-28-29-30-31(21)18-9-1-2-10-18/h3-8,11-12,18H,1-2,9-10,13H2,(H,26,32)(H,27,33). The van der Waals surface area contributed by atoms with Crippen LogP contribution in [0.5, 0.6) is 0 Å². The van der Waals surface area contributed by atoms with Crippen LogP contribution in [0.4, 0.5) is 24.5 Å². The molecule has 0 spiro atoms. The molecule has 0 unspecified atom stereocenters. The molecular weight excluding hydrogens is 469 g/mol. The van der Waals surface area contributed by atoms with Crippen molar-refractivity contribution in [3.63, 3.8) is 0 Å². The summed E-state index contributed by atoms with van der Waals surface area (Å²) in [5.41, 5.74) is -0.265. The number of nitrogens with zero attached hydrogens (tertiary/aromatic N) is 4. The van der Waals surface area contributed by atoms with Gasteiger partial charge in [0.05, 0.1) is 17.4 Å². The van der Waals surface area contributed by atoms with Crippen LogP contribution in [0.25, 0.3) is 0 Å². The van der Waals surface area contributed by atoms with E-state index in [1.54, 1.807) is 16.8 Å². The lowest BCUT2D eigenvalue weighted by Gasteiger charge is -2.11. The first-order valence-corrected chi connectivity index (χ1v) is 11.6. The lowest BCUT2D eigenvalue weighted by atomic mass is 10.1. The molecule has 0 atom stereocenters. The number of aromatic nitrogens is 4. The third-order valence-corrected chi connectivity index (χ3v) is 6.26. The summed E-state index contributed by atoms with van der Waals surface area (Å²) in [6.45, 7) is 0. The minimum atomic E-state index is -4.51. The van der Waals surface area contributed by atoms with E-state index in [0.717, 1.165) is 37.8 Å². The average Bonchev–Trinajstić information content (AvgIpc) is 3.49. The molecule has 0 radical (unpaired) electrons. The molecule has 1 aliphatic carbocycles. The molecule has 8 nitrogen and oxygen atoms in total. The van der Waals surface area contributed by atoms with Crippen molar-refractivity contribution in [3.8, 4) is 0 Å². The molecule has 2 N–H and O–H groups in total. The van der Waals surface area contributed by atoms with Crippen molar-refractivity contribution in [1.29, 1.82) is 0 Å². The van der Waals surface area contributed by atoms with E-state index in [9.17, 15) is 22.8 Å². The van der Waals surface area contributed by atoms with Gasteiger partial charge in [-0.25, -0.2) is 4.68 Å². The van der Waals surface area contributed by atoms with E-state index < -0.39 is 17.6 Å². The Kier molecular flexibility index (Phi) is 7.15. The summed E-state index contributed by atoms with van der Waals surface area (Å²) in [5.74, 6) is -0.824. The molecule has 0 aliphatic heterocycles. The van der Waals surface area contributed by atoms with Gasteiger partial charge >= 0.3 is 6.18 Å². The number of tetrazole rings is 1. The highest BCUT2D eigenvalue weighted by Gasteiger charge is 2.30. The predicted octanol–water partition coefficient (Wildman–Crippen LogP) is 4.79. The first-order chi connectivity index (χ1) is 16.3. The zero-order valence-corrected chi connectivity index (χ0v) is 18.7. The Balaban J connectivity index is 1.35. The molecule has 3 aromatic rings. The summed E-state index contributed by atoms with van der Waals surface area (Å²) in [6.07, 6.45) is -0.219. The Hall–Kier alpha value is -3.41. The second kappa shape index (κ2) is 10.2. The topological polar surface area (TPSA) is 102 Å². The van der Waals surface area contributed by atoms with Crippen molar-refractivity contribution in [2.45, 2.75) is 43.1 Å². The van der Waals surface area contributed by atoms with Crippen molar-refractivity contribution in [3.05, 3.63) is 59.7 Å². The zero-order valence-electron chi connectivity index (χ0n) is 17.9. The summed E-state index contributed by atoms with van der Waals surface area (Å²) in [7, 11) is 0. The molecular formula is C22H21F3N6O2S. The quantitative estimate of drug-likeness (QED) is 0.462. The van der Waals surface area contributed by atoms with Crippen LogP contribution in [0.3, 0.4) is 0 Å². The number of nitrogens with one attached hydrogen (secondary N) is 2. The van der Waals surface area contributed by atoms with Crippen molar-refractivity contribution < 1.29 is 22.8 Å². The zero-order chi connectivity index (χ0) is 24.1. The molecule has 178 valence electrons. The number of carbonyl (C=O) groups excluding carboxylic acids is 2. The second-order valence-corrected chi connectivity index (χ2v) is 8.74. The normalized spacial score (nSPS) is 14.2. The number of anilines is 2. The molecule has 12 heteroatoms. The second-order valence-electron chi connectivity index (χ2n) is 7.79. The average molecular weight is 491 g/mol. The Morgan fingerprint density at radius 1 is 1.03 bits per heavy atom. The van der Waals surface area contributed by atoms with Crippen LogP contribution >= 0.6 is 11.8 Å². The molecule has 34 heavy (non-hydrogen) atoms. The smallest absolute Gasteiger partial charge is 0.325 e. The number of rotatable bonds is 7. The van der Waals surface area contributed by atoms with Gasteiger partial charge in [-0.3, -0.25) is 9.59 Å². The van der Waals surface area contributed by atoms with Gasteiger partial charge in [0.1, 0.15) is 0 Å². The van der Waals surface area contributed by atoms with E-state index in [-0.39, 0.29) is 29.0 Å². The number of hydrogen-bond acceptors (Lipinski definition) is 6. The Morgan fingerprint density at radius 2 is 1.74 bits per heavy atom. The van der Waals surface area contributed by atoms with E-state index in [2.05, 4.69) is 26.2 Å². The van der Waals surface area contributed by atoms with E-state index in [1.165, 1.54) is 36.0 Å². The Morgan fingerprint density at radius 3 is 2.47 bits per heavy atom. The fourth-order valence-corrected chi connectivity index (χ4v) is 4.44. The maximum atomic E-state index is 12.9. The van der Waals surface area contributed by atoms with Crippen LogP contribution in [0.15, 0.2) is 53.7 Å². The number of thioether (sulfide) groups is 1. The van der Waals surface area contributed by atoms with Crippen molar-refractivity contribution in [1.82, 2.24) is 20.2 Å². The molecule has 2 aromatic carbocycles. The first kappa shape index (κ1) is 23.7. The number of alkyl halides is 3. The summed E-state index contributed by atoms with van der Waals surface area (Å²) in [4.78, 5) is 25.0. The van der Waals surface area contributed by atoms with Gasteiger partial charge in [-0.1, -0.05) is 36.7 Å². The number of halogens is 3. The van der Waals surface area contributed by atoms with Crippen LogP contribution in [0.1, 0.15) is 47.6 Å². The van der Waals surface area contributed by atoms with Crippen molar-refractivity contribution in [2.75, 3.05) is 16.4 Å². The van der Waals surface area contributed by atoms with Gasteiger partial charge in [-0.2, -0.15) is 13.2 Å². The largest absolute Gasteiger partial charge is 0.416 e. The molecule has 1 fully saturated rings. The molecule has 1 saturated carbocycles. The maximum absolute atomic E-state index is 12.9. The molecule has 4 rings (SSSR count). The van der Waals surface area contributed by atoms with Crippen LogP contribution in [-0.2, 0) is 11.0 Å². The van der Waals surface area contributed by atoms with Crippen molar-refractivity contribution in [2.24, 2.45) is 0 Å². The third kappa shape index (κ3) is 5.93. The molecule has 1 heterocycles. The van der Waals surface area contributed by atoms with Gasteiger partial charge < -0.3 is 10.6 Å². The molecule has 2 amide bonds. The van der Waals surface area contributed by atoms with Gasteiger partial charge in [0.2, 0.25) is 11.1 Å². The molecule has 0 saturated heterocycles. The van der Waals surface area contributed by atoms with Crippen LogP contribution in [-0.4, -0.2) is 37.8 Å². The lowest BCUT2D eigenvalue weighted by Crippen LogP contribution is -2.17. The molecule has 1 aliphatic rings. The van der Waals surface area contributed by atoms with Gasteiger partial charge in [0, 0.05) is 16.9 Å². The molecule has 0 bridgehead atoms. The number of benzene rings is 2. The van der Waals surface area contributed by atoms with Gasteiger partial charge in [0.15, 0.2) is 0 Å². The van der Waals surface area contributed by atoms with Crippen LogP contribution < -0.4 is 10.6 Å². The van der Waals surface area contributed by atoms with E-state index >= 15 is 0 Å². The van der Waals surface area contributed by atoms with E-state index in [1.807, 2.05) is 0 Å². The number of amides is 2.